The van der Waals surface area contributed by atoms with E-state index in [4.69, 9.17) is 0 Å². The van der Waals surface area contributed by atoms with Crippen molar-refractivity contribution < 1.29 is 9.59 Å². The second kappa shape index (κ2) is 7.29. The third-order valence-electron chi connectivity index (χ3n) is 4.17. The van der Waals surface area contributed by atoms with Crippen LogP contribution in [0.15, 0.2) is 42.9 Å². The minimum Gasteiger partial charge on any atom is -0.361 e. The third-order valence-corrected chi connectivity index (χ3v) is 4.17. The van der Waals surface area contributed by atoms with Crippen LogP contribution in [0, 0.1) is 5.92 Å². The maximum Gasteiger partial charge on any atom is 0.229 e. The summed E-state index contributed by atoms with van der Waals surface area (Å²) < 4.78 is 0. The van der Waals surface area contributed by atoms with Gasteiger partial charge in [0.05, 0.1) is 12.1 Å². The van der Waals surface area contributed by atoms with Crippen LogP contribution in [-0.2, 0) is 16.1 Å². The van der Waals surface area contributed by atoms with Gasteiger partial charge in [0.1, 0.15) is 12.0 Å². The van der Waals surface area contributed by atoms with Crippen molar-refractivity contribution in [3.63, 3.8) is 0 Å². The number of carbonyl (C=O) groups excluding carboxylic acids is 2. The van der Waals surface area contributed by atoms with Gasteiger partial charge in [-0.2, -0.15) is 0 Å². The van der Waals surface area contributed by atoms with E-state index in [0.717, 1.165) is 5.56 Å². The average molecular weight is 339 g/mol. The number of likely N-dealkylation sites (tertiary alicyclic amines) is 1. The normalized spacial score (nSPS) is 16.8. The lowest BCUT2D eigenvalue weighted by Gasteiger charge is -2.18. The van der Waals surface area contributed by atoms with E-state index in [1.165, 1.54) is 6.33 Å². The first kappa shape index (κ1) is 16.9. The van der Waals surface area contributed by atoms with Gasteiger partial charge in [-0.3, -0.25) is 9.59 Å². The van der Waals surface area contributed by atoms with Crippen molar-refractivity contribution in [1.82, 2.24) is 14.9 Å². The van der Waals surface area contributed by atoms with Crippen molar-refractivity contribution in [2.45, 2.75) is 13.0 Å². The fourth-order valence-corrected chi connectivity index (χ4v) is 2.91. The lowest BCUT2D eigenvalue weighted by Crippen LogP contribution is -2.28. The van der Waals surface area contributed by atoms with Crippen LogP contribution in [0.25, 0.3) is 0 Å². The van der Waals surface area contributed by atoms with Gasteiger partial charge < -0.3 is 15.1 Å². The Hall–Kier alpha value is -2.96. The molecule has 1 atom stereocenters. The highest BCUT2D eigenvalue weighted by Crippen LogP contribution is 2.24. The Balaban J connectivity index is 1.65. The average Bonchev–Trinajstić information content (AvgIpc) is 2.97. The first-order valence-electron chi connectivity index (χ1n) is 8.14. The molecule has 0 bridgehead atoms. The first-order chi connectivity index (χ1) is 12.0. The summed E-state index contributed by atoms with van der Waals surface area (Å²) in [7, 11) is 3.69. The Morgan fingerprint density at radius 3 is 2.80 bits per heavy atom. The smallest absolute Gasteiger partial charge is 0.229 e. The highest BCUT2D eigenvalue weighted by Gasteiger charge is 2.34. The molecule has 7 heteroatoms. The molecule has 3 rings (SSSR count). The molecule has 1 aliphatic heterocycles. The second-order valence-electron chi connectivity index (χ2n) is 6.30. The van der Waals surface area contributed by atoms with Gasteiger partial charge in [0.25, 0.3) is 0 Å². The van der Waals surface area contributed by atoms with Gasteiger partial charge >= 0.3 is 0 Å². The summed E-state index contributed by atoms with van der Waals surface area (Å²) in [6.07, 6.45) is 3.23. The van der Waals surface area contributed by atoms with Crippen LogP contribution in [0.3, 0.4) is 0 Å². The minimum absolute atomic E-state index is 0.00106. The standard InChI is InChI=1S/C18H21N5O2/c1-22(2)17-15(9-19-12-20-17)21-18(25)14-8-16(24)23(11-14)10-13-6-4-3-5-7-13/h3-7,9,12,14H,8,10-11H2,1-2H3,(H,21,25)/t14-/m0/s1. The SMILES string of the molecule is CN(C)c1ncncc1NC(=O)[C@H]1CC(=O)N(Cc2ccccc2)C1. The summed E-state index contributed by atoms with van der Waals surface area (Å²) in [5.41, 5.74) is 1.61. The van der Waals surface area contributed by atoms with Crippen LogP contribution in [0.1, 0.15) is 12.0 Å². The lowest BCUT2D eigenvalue weighted by molar-refractivity contribution is -0.128. The fourth-order valence-electron chi connectivity index (χ4n) is 2.91. The number of nitrogens with zero attached hydrogens (tertiary/aromatic N) is 4. The Kier molecular flexibility index (Phi) is 4.92. The van der Waals surface area contributed by atoms with Gasteiger partial charge in [0.2, 0.25) is 11.8 Å². The highest BCUT2D eigenvalue weighted by molar-refractivity contribution is 5.98. The van der Waals surface area contributed by atoms with E-state index in [1.54, 1.807) is 16.0 Å². The number of rotatable bonds is 5. The summed E-state index contributed by atoms with van der Waals surface area (Å²) in [5.74, 6) is 0.0863. The Labute approximate surface area is 146 Å². The molecule has 1 aliphatic rings. The molecule has 1 aromatic heterocycles. The number of benzene rings is 1. The van der Waals surface area contributed by atoms with E-state index in [9.17, 15) is 9.59 Å². The van der Waals surface area contributed by atoms with Crippen LogP contribution in [0.5, 0.6) is 0 Å². The van der Waals surface area contributed by atoms with Crippen LogP contribution in [0.4, 0.5) is 11.5 Å². The quantitative estimate of drug-likeness (QED) is 0.894. The summed E-state index contributed by atoms with van der Waals surface area (Å²) in [6.45, 7) is 0.950. The fraction of sp³-hybridized carbons (Fsp3) is 0.333. The van der Waals surface area contributed by atoms with E-state index >= 15 is 0 Å². The molecule has 0 spiro atoms. The van der Waals surface area contributed by atoms with Crippen LogP contribution in [0.2, 0.25) is 0 Å². The van der Waals surface area contributed by atoms with E-state index in [1.807, 2.05) is 44.4 Å². The van der Waals surface area contributed by atoms with Crippen LogP contribution < -0.4 is 10.2 Å². The van der Waals surface area contributed by atoms with Gasteiger partial charge in [-0.25, -0.2) is 9.97 Å². The zero-order valence-electron chi connectivity index (χ0n) is 14.3. The van der Waals surface area contributed by atoms with Gasteiger partial charge in [0, 0.05) is 33.6 Å². The molecule has 1 saturated heterocycles. The topological polar surface area (TPSA) is 78.4 Å². The molecule has 0 unspecified atom stereocenters. The molecular formula is C18H21N5O2. The van der Waals surface area contributed by atoms with Crippen molar-refractivity contribution >= 4 is 23.3 Å². The minimum atomic E-state index is -0.369. The van der Waals surface area contributed by atoms with E-state index in [2.05, 4.69) is 15.3 Å². The van der Waals surface area contributed by atoms with E-state index in [-0.39, 0.29) is 24.2 Å². The number of amides is 2. The molecule has 0 saturated carbocycles. The third kappa shape index (κ3) is 3.93. The van der Waals surface area contributed by atoms with Crippen molar-refractivity contribution in [3.05, 3.63) is 48.4 Å². The first-order valence-corrected chi connectivity index (χ1v) is 8.14. The van der Waals surface area contributed by atoms with E-state index < -0.39 is 0 Å². The van der Waals surface area contributed by atoms with Crippen molar-refractivity contribution in [1.29, 1.82) is 0 Å². The van der Waals surface area contributed by atoms with Crippen LogP contribution >= 0.6 is 0 Å². The number of hydrogen-bond donors (Lipinski definition) is 1. The maximum atomic E-state index is 12.6. The maximum absolute atomic E-state index is 12.6. The van der Waals surface area contributed by atoms with Gasteiger partial charge in [0.15, 0.2) is 5.82 Å². The molecule has 2 amide bonds. The summed E-state index contributed by atoms with van der Waals surface area (Å²) >= 11 is 0. The molecule has 2 heterocycles. The monoisotopic (exact) mass is 339 g/mol. The summed E-state index contributed by atoms with van der Waals surface area (Å²) in [6, 6.07) is 9.78. The van der Waals surface area contributed by atoms with Gasteiger partial charge in [-0.15, -0.1) is 0 Å². The summed E-state index contributed by atoms with van der Waals surface area (Å²) in [5, 5.41) is 2.85. The second-order valence-corrected chi connectivity index (χ2v) is 6.30. The number of nitrogens with one attached hydrogen (secondary N) is 1. The predicted molar refractivity (Wildman–Crippen MR) is 95.0 cm³/mol. The van der Waals surface area contributed by atoms with Gasteiger partial charge in [-0.1, -0.05) is 30.3 Å². The van der Waals surface area contributed by atoms with Crippen molar-refractivity contribution in [2.75, 3.05) is 30.9 Å². The zero-order valence-corrected chi connectivity index (χ0v) is 14.3. The van der Waals surface area contributed by atoms with Gasteiger partial charge in [-0.05, 0) is 5.56 Å². The van der Waals surface area contributed by atoms with Crippen LogP contribution in [-0.4, -0.2) is 47.3 Å². The molecule has 1 fully saturated rings. The molecule has 1 aromatic carbocycles. The molecule has 130 valence electrons. The lowest BCUT2D eigenvalue weighted by atomic mass is 10.1. The molecule has 7 nitrogen and oxygen atoms in total. The zero-order chi connectivity index (χ0) is 17.8. The predicted octanol–water partition coefficient (Wildman–Crippen LogP) is 1.53. The van der Waals surface area contributed by atoms with Crippen molar-refractivity contribution in [2.24, 2.45) is 5.92 Å². The largest absolute Gasteiger partial charge is 0.361 e. The molecule has 25 heavy (non-hydrogen) atoms. The Bertz CT molecular complexity index is 763. The number of anilines is 2. The van der Waals surface area contributed by atoms with E-state index in [0.29, 0.717) is 24.6 Å². The number of hydrogen-bond acceptors (Lipinski definition) is 5. The summed E-state index contributed by atoms with van der Waals surface area (Å²) in [4.78, 5) is 36.5. The molecule has 0 aliphatic carbocycles. The Morgan fingerprint density at radius 2 is 2.08 bits per heavy atom. The van der Waals surface area contributed by atoms with Crippen molar-refractivity contribution in [3.8, 4) is 0 Å². The molecule has 2 aromatic rings. The highest BCUT2D eigenvalue weighted by atomic mass is 16.2. The number of aromatic nitrogens is 2. The molecular weight excluding hydrogens is 318 g/mol. The number of carbonyl (C=O) groups is 2. The molecule has 0 radical (unpaired) electrons. The Morgan fingerprint density at radius 1 is 1.32 bits per heavy atom. The molecule has 1 N–H and O–H groups in total.